The number of nitrogens with zero attached hydrogens (tertiary/aromatic N) is 1. The van der Waals surface area contributed by atoms with Crippen LogP contribution in [0.4, 0.5) is 0 Å². The van der Waals surface area contributed by atoms with Gasteiger partial charge in [-0.25, -0.2) is 4.98 Å². The van der Waals surface area contributed by atoms with Gasteiger partial charge in [0.15, 0.2) is 11.6 Å². The Kier molecular flexibility index (Phi) is 15.9. The van der Waals surface area contributed by atoms with Crippen LogP contribution in [0.3, 0.4) is 0 Å². The van der Waals surface area contributed by atoms with E-state index in [1.54, 1.807) is 18.2 Å². The Hall–Kier alpha value is -2.69. The molecule has 1 aromatic rings. The number of nitrogens with one attached hydrogen (secondary N) is 2. The van der Waals surface area contributed by atoms with Crippen LogP contribution in [0, 0.1) is 46.3 Å². The predicted octanol–water partition coefficient (Wildman–Crippen LogP) is 8.35. The molecule has 1 aromatic heterocycles. The van der Waals surface area contributed by atoms with Gasteiger partial charge in [0.1, 0.15) is 11.4 Å². The first kappa shape index (κ1) is 36.3. The molecule has 2 aliphatic carbocycles. The predicted molar refractivity (Wildman–Crippen MR) is 160 cm³/mol. The van der Waals surface area contributed by atoms with Gasteiger partial charge in [0, 0.05) is 54.2 Å². The minimum atomic E-state index is -0.127. The molecule has 0 aromatic carbocycles. The number of hydrogen-bond acceptors (Lipinski definition) is 5. The Bertz CT molecular complexity index is 1050. The van der Waals surface area contributed by atoms with Crippen LogP contribution < -0.4 is 0 Å². The third-order valence-corrected chi connectivity index (χ3v) is 6.63. The minimum Gasteiger partial charge on any atom is -0.304 e. The van der Waals surface area contributed by atoms with Gasteiger partial charge >= 0.3 is 0 Å². The van der Waals surface area contributed by atoms with Crippen molar-refractivity contribution in [2.45, 2.75) is 69.2 Å². The van der Waals surface area contributed by atoms with Crippen molar-refractivity contribution < 1.29 is 26.7 Å². The summed E-state index contributed by atoms with van der Waals surface area (Å²) >= 11 is 0. The summed E-state index contributed by atoms with van der Waals surface area (Å²) in [5, 5.41) is 16.1. The molecule has 0 bridgehead atoms. The van der Waals surface area contributed by atoms with Gasteiger partial charge in [0.25, 0.3) is 0 Å². The van der Waals surface area contributed by atoms with E-state index in [1.807, 2.05) is 0 Å². The van der Waals surface area contributed by atoms with Gasteiger partial charge in [-0.05, 0) is 47.0 Å². The Morgan fingerprint density at radius 2 is 1.03 bits per heavy atom. The fourth-order valence-electron chi connectivity index (χ4n) is 4.26. The van der Waals surface area contributed by atoms with E-state index in [1.165, 1.54) is 25.0 Å². The summed E-state index contributed by atoms with van der Waals surface area (Å²) in [6.07, 6.45) is 12.6. The van der Waals surface area contributed by atoms with Gasteiger partial charge in [-0.2, -0.15) is 0 Å². The molecule has 0 fully saturated rings. The number of carbonyl (C=O) groups is 2. The zero-order chi connectivity index (χ0) is 29.2. The van der Waals surface area contributed by atoms with Crippen molar-refractivity contribution in [1.29, 1.82) is 10.8 Å². The SMILES string of the molecule is CC(=O)c1cccc(C(C)=O)n1.CC(C)C1=CC=CC(C(C)C)C1=N.CC(C)C1=CC=CC(C(C)C)C1=N.[Fe]. The largest absolute Gasteiger partial charge is 0.304 e. The molecule has 5 nitrogen and oxygen atoms in total. The van der Waals surface area contributed by atoms with Crippen LogP contribution in [-0.4, -0.2) is 28.0 Å². The molecule has 0 saturated carbocycles. The molecule has 2 atom stereocenters. The van der Waals surface area contributed by atoms with Gasteiger partial charge in [-0.1, -0.05) is 97.9 Å². The average molecular weight is 574 g/mol. The van der Waals surface area contributed by atoms with Crippen LogP contribution in [0.1, 0.15) is 90.2 Å². The van der Waals surface area contributed by atoms with E-state index in [4.69, 9.17) is 10.8 Å². The zero-order valence-corrected chi connectivity index (χ0v) is 26.4. The number of Topliss-reactive ketones (excluding diaryl/α,β-unsaturated/α-hetero) is 2. The van der Waals surface area contributed by atoms with E-state index >= 15 is 0 Å². The maximum atomic E-state index is 10.8. The van der Waals surface area contributed by atoms with Crippen molar-refractivity contribution in [3.8, 4) is 0 Å². The van der Waals surface area contributed by atoms with Gasteiger partial charge in [-0.3, -0.25) is 9.59 Å². The Labute approximate surface area is 246 Å². The standard InChI is InChI=1S/2C12H19N.C9H9NO2.Fe/c2*1-8(2)10-6-5-7-11(9(3)4)12(10)13;1-6(11)8-4-3-5-9(10-8)7(2)12;/h2*5-10,13H,1-4H3;3-5H,1-2H3;. The fraction of sp³-hybridized carbons (Fsp3) is 0.485. The maximum absolute atomic E-state index is 10.8. The second-order valence-electron chi connectivity index (χ2n) is 11.2. The third kappa shape index (κ3) is 11.1. The number of aromatic nitrogens is 1. The van der Waals surface area contributed by atoms with Crippen molar-refractivity contribution in [3.63, 3.8) is 0 Å². The van der Waals surface area contributed by atoms with E-state index in [0.717, 1.165) is 11.4 Å². The number of ketones is 2. The maximum Gasteiger partial charge on any atom is 0.178 e. The number of carbonyl (C=O) groups excluding carboxylic acids is 2. The van der Waals surface area contributed by atoms with Crippen LogP contribution in [0.15, 0.2) is 65.8 Å². The van der Waals surface area contributed by atoms with Gasteiger partial charge in [0.2, 0.25) is 0 Å². The summed E-state index contributed by atoms with van der Waals surface area (Å²) < 4.78 is 0. The molecule has 2 N–H and O–H groups in total. The van der Waals surface area contributed by atoms with E-state index in [-0.39, 0.29) is 28.6 Å². The summed E-state index contributed by atoms with van der Waals surface area (Å²) in [5.41, 5.74) is 4.69. The fourth-order valence-corrected chi connectivity index (χ4v) is 4.26. The number of allylic oxidation sites excluding steroid dienone is 8. The minimum absolute atomic E-state index is 0. The van der Waals surface area contributed by atoms with Gasteiger partial charge in [0.05, 0.1) is 0 Å². The topological polar surface area (TPSA) is 94.7 Å². The molecule has 3 rings (SSSR count). The number of hydrogen-bond donors (Lipinski definition) is 2. The summed E-state index contributed by atoms with van der Waals surface area (Å²) in [6.45, 7) is 20.1. The summed E-state index contributed by atoms with van der Waals surface area (Å²) in [5.74, 6) is 2.40. The smallest absolute Gasteiger partial charge is 0.178 e. The normalized spacial score (nSPS) is 18.1. The first-order valence-electron chi connectivity index (χ1n) is 13.6. The van der Waals surface area contributed by atoms with Crippen molar-refractivity contribution >= 4 is 23.0 Å². The molecule has 6 heteroatoms. The first-order chi connectivity index (χ1) is 17.7. The molecule has 214 valence electrons. The quantitative estimate of drug-likeness (QED) is 0.265. The molecule has 0 amide bonds. The molecular formula is C33H47FeN3O2. The molecule has 0 spiro atoms. The van der Waals surface area contributed by atoms with Crippen LogP contribution in [0.25, 0.3) is 0 Å². The summed E-state index contributed by atoms with van der Waals surface area (Å²) in [7, 11) is 0. The van der Waals surface area contributed by atoms with Crippen molar-refractivity contribution in [3.05, 3.63) is 77.2 Å². The molecule has 0 radical (unpaired) electrons. The Morgan fingerprint density at radius 3 is 1.28 bits per heavy atom. The summed E-state index contributed by atoms with van der Waals surface area (Å²) in [6, 6.07) is 4.84. The molecule has 1 heterocycles. The van der Waals surface area contributed by atoms with Crippen LogP contribution in [-0.2, 0) is 17.1 Å². The van der Waals surface area contributed by atoms with Crippen LogP contribution in [0.5, 0.6) is 0 Å². The molecule has 2 aliphatic rings. The average Bonchev–Trinajstić information content (AvgIpc) is 2.84. The zero-order valence-electron chi connectivity index (χ0n) is 25.3. The van der Waals surface area contributed by atoms with Gasteiger partial charge < -0.3 is 10.8 Å². The van der Waals surface area contributed by atoms with E-state index in [9.17, 15) is 9.59 Å². The first-order valence-corrected chi connectivity index (χ1v) is 13.6. The molecule has 0 aliphatic heterocycles. The molecular weight excluding hydrogens is 526 g/mol. The monoisotopic (exact) mass is 573 g/mol. The Balaban J connectivity index is 0.000000549. The van der Waals surface area contributed by atoms with E-state index in [0.29, 0.717) is 46.9 Å². The molecule has 39 heavy (non-hydrogen) atoms. The van der Waals surface area contributed by atoms with Gasteiger partial charge in [-0.15, -0.1) is 0 Å². The van der Waals surface area contributed by atoms with Crippen LogP contribution in [0.2, 0.25) is 0 Å². The molecule has 2 unspecified atom stereocenters. The second-order valence-corrected chi connectivity index (χ2v) is 11.2. The second kappa shape index (κ2) is 17.1. The Morgan fingerprint density at radius 1 is 0.692 bits per heavy atom. The van der Waals surface area contributed by atoms with Crippen LogP contribution >= 0.6 is 0 Å². The van der Waals surface area contributed by atoms with Crippen molar-refractivity contribution in [2.75, 3.05) is 0 Å². The van der Waals surface area contributed by atoms with Crippen molar-refractivity contribution in [1.82, 2.24) is 4.98 Å². The summed E-state index contributed by atoms with van der Waals surface area (Å²) in [4.78, 5) is 25.6. The third-order valence-electron chi connectivity index (χ3n) is 6.63. The van der Waals surface area contributed by atoms with Crippen molar-refractivity contribution in [2.24, 2.45) is 35.5 Å². The number of rotatable bonds is 6. The van der Waals surface area contributed by atoms with E-state index < -0.39 is 0 Å². The van der Waals surface area contributed by atoms with E-state index in [2.05, 4.69) is 96.8 Å². The molecule has 0 saturated heterocycles. The number of pyridine rings is 1.